The smallest absolute Gasteiger partial charge is 0.182 e. The summed E-state index contributed by atoms with van der Waals surface area (Å²) < 4.78 is 16.4. The first-order chi connectivity index (χ1) is 5.20. The number of ether oxygens (including phenoxy) is 1. The highest BCUT2D eigenvalue weighted by molar-refractivity contribution is 5.14. The fourth-order valence-electron chi connectivity index (χ4n) is 0.941. The van der Waals surface area contributed by atoms with E-state index in [0.717, 1.165) is 0 Å². The van der Waals surface area contributed by atoms with Crippen LogP contribution in [0.3, 0.4) is 0 Å². The first-order valence-corrected chi connectivity index (χ1v) is 3.13. The molecule has 3 atom stereocenters. The van der Waals surface area contributed by atoms with Gasteiger partial charge in [0, 0.05) is 5.57 Å². The molecular weight excluding hydrogens is 155 g/mol. The number of rotatable bonds is 1. The van der Waals surface area contributed by atoms with Crippen LogP contribution in [-0.2, 0) is 4.74 Å². The molecule has 64 valence electrons. The van der Waals surface area contributed by atoms with Crippen molar-refractivity contribution in [2.45, 2.75) is 18.5 Å². The summed E-state index contributed by atoms with van der Waals surface area (Å²) in [5.41, 5.74) is -0.246. The van der Waals surface area contributed by atoms with Gasteiger partial charge in [-0.05, 0) is 0 Å². The van der Waals surface area contributed by atoms with Gasteiger partial charge in [-0.15, -0.1) is 0 Å². The molecule has 0 bridgehead atoms. The average molecular weight is 164 g/mol. The van der Waals surface area contributed by atoms with Crippen LogP contribution in [0.5, 0.6) is 0 Å². The van der Waals surface area contributed by atoms with Gasteiger partial charge in [-0.25, -0.2) is 4.39 Å². The van der Waals surface area contributed by atoms with E-state index < -0.39 is 25.1 Å². The lowest BCUT2D eigenvalue weighted by atomic mass is 10.1. The lowest BCUT2D eigenvalue weighted by Gasteiger charge is -2.07. The molecule has 0 radical (unpaired) electrons. The van der Waals surface area contributed by atoms with Crippen LogP contribution in [0, 0.1) is 0 Å². The molecule has 1 saturated heterocycles. The van der Waals surface area contributed by atoms with Crippen molar-refractivity contribution in [2.75, 3.05) is 6.61 Å². The van der Waals surface area contributed by atoms with Crippen LogP contribution in [0.15, 0.2) is 11.9 Å². The van der Waals surface area contributed by atoms with Crippen LogP contribution in [-0.4, -0.2) is 40.4 Å². The molecule has 0 amide bonds. The number of aliphatic hydroxyl groups excluding tert-OH is 3. The Morgan fingerprint density at radius 2 is 2.18 bits per heavy atom. The molecule has 0 aliphatic carbocycles. The molecule has 1 fully saturated rings. The standard InChI is InChI=1S/C6H9FO4/c7-1-3-5(9)4(2-8)11-6(3)10/h1,4-6,8-10H,2H2/t4-,5+,6-/m1/s1. The van der Waals surface area contributed by atoms with Gasteiger partial charge in [-0.3, -0.25) is 0 Å². The van der Waals surface area contributed by atoms with Gasteiger partial charge in [0.05, 0.1) is 12.9 Å². The van der Waals surface area contributed by atoms with E-state index in [1.807, 2.05) is 0 Å². The molecule has 5 heteroatoms. The molecular formula is C6H9FO4. The van der Waals surface area contributed by atoms with Crippen LogP contribution < -0.4 is 0 Å². The largest absolute Gasteiger partial charge is 0.394 e. The molecule has 1 heterocycles. The fraction of sp³-hybridized carbons (Fsp3) is 0.667. The van der Waals surface area contributed by atoms with Gasteiger partial charge in [-0.1, -0.05) is 0 Å². The van der Waals surface area contributed by atoms with E-state index in [0.29, 0.717) is 0 Å². The third kappa shape index (κ3) is 1.41. The van der Waals surface area contributed by atoms with Crippen molar-refractivity contribution in [1.82, 2.24) is 0 Å². The topological polar surface area (TPSA) is 69.9 Å². The molecule has 1 rings (SSSR count). The minimum atomic E-state index is -1.44. The summed E-state index contributed by atoms with van der Waals surface area (Å²) in [6.45, 7) is -0.449. The molecule has 1 aliphatic heterocycles. The van der Waals surface area contributed by atoms with Gasteiger partial charge < -0.3 is 20.1 Å². The number of halogens is 1. The van der Waals surface area contributed by atoms with Gasteiger partial charge >= 0.3 is 0 Å². The second-order valence-electron chi connectivity index (χ2n) is 2.26. The van der Waals surface area contributed by atoms with Crippen molar-refractivity contribution in [2.24, 2.45) is 0 Å². The lowest BCUT2D eigenvalue weighted by molar-refractivity contribution is -0.100. The second-order valence-corrected chi connectivity index (χ2v) is 2.26. The molecule has 0 unspecified atom stereocenters. The molecule has 0 aromatic carbocycles. The van der Waals surface area contributed by atoms with Crippen LogP contribution in [0.25, 0.3) is 0 Å². The van der Waals surface area contributed by atoms with Crippen molar-refractivity contribution in [3.63, 3.8) is 0 Å². The van der Waals surface area contributed by atoms with E-state index in [4.69, 9.17) is 15.3 Å². The third-order valence-corrected chi connectivity index (χ3v) is 1.59. The van der Waals surface area contributed by atoms with E-state index >= 15 is 0 Å². The summed E-state index contributed by atoms with van der Waals surface area (Å²) in [5.74, 6) is 0. The molecule has 0 spiro atoms. The van der Waals surface area contributed by atoms with Gasteiger partial charge in [-0.2, -0.15) is 0 Å². The SMILES string of the molecule is OC[C@H]1O[C@@H](O)C(=CF)[C@@H]1O. The predicted octanol–water partition coefficient (Wildman–Crippen LogP) is -1.09. The van der Waals surface area contributed by atoms with Crippen molar-refractivity contribution in [3.8, 4) is 0 Å². The highest BCUT2D eigenvalue weighted by Crippen LogP contribution is 2.24. The summed E-state index contributed by atoms with van der Waals surface area (Å²) in [6, 6.07) is 0. The Kier molecular flexibility index (Phi) is 2.56. The van der Waals surface area contributed by atoms with E-state index in [-0.39, 0.29) is 11.9 Å². The van der Waals surface area contributed by atoms with E-state index in [9.17, 15) is 4.39 Å². The third-order valence-electron chi connectivity index (χ3n) is 1.59. The Balaban J connectivity index is 2.71. The van der Waals surface area contributed by atoms with Crippen LogP contribution in [0.1, 0.15) is 0 Å². The number of hydrogen-bond donors (Lipinski definition) is 3. The monoisotopic (exact) mass is 164 g/mol. The summed E-state index contributed by atoms with van der Waals surface area (Å²) in [4.78, 5) is 0. The zero-order chi connectivity index (χ0) is 8.43. The minimum absolute atomic E-state index is 0.0883. The molecule has 0 saturated carbocycles. The van der Waals surface area contributed by atoms with E-state index in [1.54, 1.807) is 0 Å². The first kappa shape index (κ1) is 8.61. The normalized spacial score (nSPS) is 41.8. The summed E-state index contributed by atoms with van der Waals surface area (Å²) in [5, 5.41) is 26.4. The van der Waals surface area contributed by atoms with Gasteiger partial charge in [0.15, 0.2) is 6.29 Å². The maximum Gasteiger partial charge on any atom is 0.182 e. The highest BCUT2D eigenvalue weighted by Gasteiger charge is 2.37. The summed E-state index contributed by atoms with van der Waals surface area (Å²) in [7, 11) is 0. The quantitative estimate of drug-likeness (QED) is 0.460. The Morgan fingerprint density at radius 1 is 1.55 bits per heavy atom. The Labute approximate surface area is 62.5 Å². The van der Waals surface area contributed by atoms with Crippen LogP contribution in [0.4, 0.5) is 4.39 Å². The second kappa shape index (κ2) is 3.27. The van der Waals surface area contributed by atoms with Crippen LogP contribution >= 0.6 is 0 Å². The molecule has 0 aromatic rings. The minimum Gasteiger partial charge on any atom is -0.394 e. The highest BCUT2D eigenvalue weighted by atomic mass is 19.1. The molecule has 4 nitrogen and oxygen atoms in total. The summed E-state index contributed by atoms with van der Waals surface area (Å²) >= 11 is 0. The lowest BCUT2D eigenvalue weighted by Crippen LogP contribution is -2.25. The first-order valence-electron chi connectivity index (χ1n) is 3.13. The zero-order valence-electron chi connectivity index (χ0n) is 5.64. The van der Waals surface area contributed by atoms with Gasteiger partial charge in [0.2, 0.25) is 0 Å². The van der Waals surface area contributed by atoms with Crippen molar-refractivity contribution in [1.29, 1.82) is 0 Å². The maximum absolute atomic E-state index is 11.9. The Bertz CT molecular complexity index is 170. The van der Waals surface area contributed by atoms with Gasteiger partial charge in [0.1, 0.15) is 12.2 Å². The van der Waals surface area contributed by atoms with Crippen LogP contribution in [0.2, 0.25) is 0 Å². The average Bonchev–Trinajstić information content (AvgIpc) is 2.26. The zero-order valence-corrected chi connectivity index (χ0v) is 5.64. The number of aliphatic hydroxyl groups is 3. The molecule has 3 N–H and O–H groups in total. The van der Waals surface area contributed by atoms with E-state index in [1.165, 1.54) is 0 Å². The summed E-state index contributed by atoms with van der Waals surface area (Å²) in [6.07, 6.45) is -3.52. The van der Waals surface area contributed by atoms with Crippen molar-refractivity contribution >= 4 is 0 Å². The van der Waals surface area contributed by atoms with E-state index in [2.05, 4.69) is 4.74 Å². The maximum atomic E-state index is 11.9. The van der Waals surface area contributed by atoms with Gasteiger partial charge in [0.25, 0.3) is 0 Å². The predicted molar refractivity (Wildman–Crippen MR) is 33.2 cm³/mol. The molecule has 1 aliphatic rings. The number of hydrogen-bond acceptors (Lipinski definition) is 4. The molecule has 11 heavy (non-hydrogen) atoms. The van der Waals surface area contributed by atoms with Crippen molar-refractivity contribution in [3.05, 3.63) is 11.9 Å². The molecule has 0 aromatic heterocycles. The fourth-order valence-corrected chi connectivity index (χ4v) is 0.941. The Morgan fingerprint density at radius 3 is 2.45 bits per heavy atom. The van der Waals surface area contributed by atoms with Crippen molar-refractivity contribution < 1.29 is 24.4 Å². The Hall–Kier alpha value is -0.490.